The average molecular weight is 620 g/mol. The number of amides is 2. The van der Waals surface area contributed by atoms with Crippen molar-refractivity contribution in [1.82, 2.24) is 15.2 Å². The number of nitrogens with two attached hydrogens (primary N) is 2. The van der Waals surface area contributed by atoms with Gasteiger partial charge in [-0.2, -0.15) is 0 Å². The predicted octanol–water partition coefficient (Wildman–Crippen LogP) is 3.77. The third kappa shape index (κ3) is 6.77. The standard InChI is InChI=1S/C33H42ClN7O3/c1-3-25-21-40(33(43)27-9-8-23(34)19-30(27)39-15-11-24(36)20-39)16-17-41(25)29-10-7-22(18-28(29)31(42)37-14-12-35)26-6-5-13-38-32(26)44-4-2/h5-10,13,18-19,24-25H,3-4,11-12,14-17,20-21,35-36H2,1-2H3,(H,37,42)/t24-,25+/m0/s1. The zero-order valence-electron chi connectivity index (χ0n) is 25.5. The minimum atomic E-state index is -0.197. The van der Waals surface area contributed by atoms with Crippen LogP contribution >= 0.6 is 11.6 Å². The van der Waals surface area contributed by atoms with Crippen LogP contribution in [0.15, 0.2) is 54.7 Å². The summed E-state index contributed by atoms with van der Waals surface area (Å²) in [5.74, 6) is 0.302. The molecule has 1 aromatic heterocycles. The van der Waals surface area contributed by atoms with Crippen LogP contribution < -0.4 is 31.3 Å². The van der Waals surface area contributed by atoms with Crippen molar-refractivity contribution in [2.24, 2.45) is 11.5 Å². The van der Waals surface area contributed by atoms with Gasteiger partial charge in [0.05, 0.1) is 23.4 Å². The lowest BCUT2D eigenvalue weighted by Gasteiger charge is -2.43. The van der Waals surface area contributed by atoms with Gasteiger partial charge in [0.1, 0.15) is 0 Å². The molecular weight excluding hydrogens is 578 g/mol. The molecule has 11 heteroatoms. The van der Waals surface area contributed by atoms with Crippen LogP contribution in [0.5, 0.6) is 5.88 Å². The molecule has 0 spiro atoms. The fraction of sp³-hybridized carbons (Fsp3) is 0.424. The fourth-order valence-corrected chi connectivity index (χ4v) is 6.28. The van der Waals surface area contributed by atoms with Crippen LogP contribution in [-0.2, 0) is 0 Å². The van der Waals surface area contributed by atoms with Gasteiger partial charge in [-0.25, -0.2) is 4.98 Å². The molecule has 2 aliphatic rings. The molecule has 2 fully saturated rings. The van der Waals surface area contributed by atoms with Crippen molar-refractivity contribution in [2.45, 2.75) is 38.8 Å². The maximum absolute atomic E-state index is 14.0. The first-order valence-electron chi connectivity index (χ1n) is 15.4. The number of nitrogens with one attached hydrogen (secondary N) is 1. The summed E-state index contributed by atoms with van der Waals surface area (Å²) in [5.41, 5.74) is 16.4. The van der Waals surface area contributed by atoms with Gasteiger partial charge >= 0.3 is 0 Å². The fourth-order valence-electron chi connectivity index (χ4n) is 6.11. The topological polar surface area (TPSA) is 130 Å². The van der Waals surface area contributed by atoms with Crippen molar-refractivity contribution in [3.8, 4) is 17.0 Å². The van der Waals surface area contributed by atoms with Crippen LogP contribution in [0, 0.1) is 0 Å². The third-order valence-corrected chi connectivity index (χ3v) is 8.58. The number of anilines is 2. The van der Waals surface area contributed by atoms with Gasteiger partial charge in [0.2, 0.25) is 5.88 Å². The molecule has 3 aromatic rings. The Kier molecular flexibility index (Phi) is 10.2. The monoisotopic (exact) mass is 619 g/mol. The lowest BCUT2D eigenvalue weighted by atomic mass is 9.99. The second kappa shape index (κ2) is 14.3. The lowest BCUT2D eigenvalue weighted by molar-refractivity contribution is 0.0720. The van der Waals surface area contributed by atoms with Crippen LogP contribution in [0.1, 0.15) is 47.4 Å². The van der Waals surface area contributed by atoms with E-state index >= 15 is 0 Å². The van der Waals surface area contributed by atoms with E-state index in [9.17, 15) is 9.59 Å². The molecule has 0 saturated carbocycles. The largest absolute Gasteiger partial charge is 0.478 e. The van der Waals surface area contributed by atoms with Gasteiger partial charge in [0, 0.05) is 80.4 Å². The van der Waals surface area contributed by atoms with E-state index in [1.807, 2.05) is 54.3 Å². The highest BCUT2D eigenvalue weighted by molar-refractivity contribution is 6.31. The summed E-state index contributed by atoms with van der Waals surface area (Å²) in [7, 11) is 0. The van der Waals surface area contributed by atoms with Gasteiger partial charge in [-0.1, -0.05) is 24.6 Å². The molecule has 2 aliphatic heterocycles. The summed E-state index contributed by atoms with van der Waals surface area (Å²) in [4.78, 5) is 38.2. The Morgan fingerprint density at radius 1 is 1.05 bits per heavy atom. The molecule has 44 heavy (non-hydrogen) atoms. The zero-order valence-corrected chi connectivity index (χ0v) is 26.2. The molecule has 0 radical (unpaired) electrons. The number of halogens is 1. The third-order valence-electron chi connectivity index (χ3n) is 8.34. The Balaban J connectivity index is 1.43. The number of carbonyl (C=O) groups is 2. The van der Waals surface area contributed by atoms with Gasteiger partial charge in [-0.3, -0.25) is 9.59 Å². The number of piperazine rings is 1. The minimum absolute atomic E-state index is 0.00736. The highest BCUT2D eigenvalue weighted by Gasteiger charge is 2.33. The van der Waals surface area contributed by atoms with E-state index in [0.29, 0.717) is 67.9 Å². The van der Waals surface area contributed by atoms with Gasteiger partial charge in [0.15, 0.2) is 0 Å². The van der Waals surface area contributed by atoms with E-state index in [4.69, 9.17) is 27.8 Å². The minimum Gasteiger partial charge on any atom is -0.478 e. The number of aromatic nitrogens is 1. The predicted molar refractivity (Wildman–Crippen MR) is 176 cm³/mol. The summed E-state index contributed by atoms with van der Waals surface area (Å²) >= 11 is 6.36. The maximum Gasteiger partial charge on any atom is 0.256 e. The Morgan fingerprint density at radius 2 is 1.89 bits per heavy atom. The molecular formula is C33H42ClN7O3. The van der Waals surface area contributed by atoms with E-state index in [0.717, 1.165) is 41.9 Å². The number of ether oxygens (including phenoxy) is 1. The first-order valence-corrected chi connectivity index (χ1v) is 15.8. The van der Waals surface area contributed by atoms with Gasteiger partial charge < -0.3 is 36.2 Å². The highest BCUT2D eigenvalue weighted by Crippen LogP contribution is 2.35. The maximum atomic E-state index is 14.0. The summed E-state index contributed by atoms with van der Waals surface area (Å²) < 4.78 is 5.77. The number of pyridine rings is 1. The van der Waals surface area contributed by atoms with Crippen molar-refractivity contribution in [2.75, 3.05) is 62.2 Å². The highest BCUT2D eigenvalue weighted by atomic mass is 35.5. The van der Waals surface area contributed by atoms with E-state index in [1.54, 1.807) is 12.3 Å². The van der Waals surface area contributed by atoms with Crippen molar-refractivity contribution in [3.63, 3.8) is 0 Å². The van der Waals surface area contributed by atoms with E-state index in [2.05, 4.69) is 27.0 Å². The van der Waals surface area contributed by atoms with E-state index < -0.39 is 0 Å². The van der Waals surface area contributed by atoms with Gasteiger partial charge in [0.25, 0.3) is 11.8 Å². The molecule has 5 N–H and O–H groups in total. The zero-order chi connectivity index (χ0) is 31.2. The van der Waals surface area contributed by atoms with Crippen LogP contribution in [0.2, 0.25) is 5.02 Å². The van der Waals surface area contributed by atoms with E-state index in [-0.39, 0.29) is 23.9 Å². The average Bonchev–Trinajstić information content (AvgIpc) is 3.49. The van der Waals surface area contributed by atoms with Crippen LogP contribution in [0.25, 0.3) is 11.1 Å². The van der Waals surface area contributed by atoms with Crippen molar-refractivity contribution >= 4 is 34.8 Å². The lowest BCUT2D eigenvalue weighted by Crippen LogP contribution is -2.55. The Hall–Kier alpha value is -3.86. The first kappa shape index (κ1) is 31.6. The Labute approximate surface area is 264 Å². The summed E-state index contributed by atoms with van der Waals surface area (Å²) in [5, 5.41) is 3.54. The summed E-state index contributed by atoms with van der Waals surface area (Å²) in [6.45, 7) is 8.32. The quantitative estimate of drug-likeness (QED) is 0.313. The Bertz CT molecular complexity index is 1490. The van der Waals surface area contributed by atoms with Crippen LogP contribution in [0.3, 0.4) is 0 Å². The van der Waals surface area contributed by atoms with Crippen molar-refractivity contribution in [3.05, 3.63) is 70.9 Å². The van der Waals surface area contributed by atoms with Crippen molar-refractivity contribution in [1.29, 1.82) is 0 Å². The van der Waals surface area contributed by atoms with Crippen molar-refractivity contribution < 1.29 is 14.3 Å². The van der Waals surface area contributed by atoms with Crippen LogP contribution in [-0.4, -0.2) is 86.2 Å². The van der Waals surface area contributed by atoms with Gasteiger partial charge in [-0.05, 0) is 67.8 Å². The molecule has 5 rings (SSSR count). The molecule has 0 bridgehead atoms. The molecule has 10 nitrogen and oxygen atoms in total. The molecule has 2 saturated heterocycles. The van der Waals surface area contributed by atoms with Gasteiger partial charge in [-0.15, -0.1) is 0 Å². The first-order chi connectivity index (χ1) is 21.3. The number of hydrogen-bond acceptors (Lipinski definition) is 8. The number of rotatable bonds is 10. The smallest absolute Gasteiger partial charge is 0.256 e. The number of hydrogen-bond donors (Lipinski definition) is 3. The van der Waals surface area contributed by atoms with Crippen LogP contribution in [0.4, 0.5) is 11.4 Å². The molecule has 3 heterocycles. The second-order valence-corrected chi connectivity index (χ2v) is 11.7. The van der Waals surface area contributed by atoms with E-state index in [1.165, 1.54) is 0 Å². The number of benzene rings is 2. The summed E-state index contributed by atoms with van der Waals surface area (Å²) in [6, 6.07) is 15.2. The SMILES string of the molecule is CCOc1ncccc1-c1ccc(N2CCN(C(=O)c3ccc(Cl)cc3N3CC[C@H](N)C3)C[C@H]2CC)c(C(=O)NCCN)c1. The molecule has 234 valence electrons. The normalized spacial score (nSPS) is 18.4. The number of nitrogens with zero attached hydrogens (tertiary/aromatic N) is 4. The molecule has 2 aromatic carbocycles. The molecule has 0 unspecified atom stereocenters. The Morgan fingerprint density at radius 3 is 2.61 bits per heavy atom. The molecule has 0 aliphatic carbocycles. The summed E-state index contributed by atoms with van der Waals surface area (Å²) in [6.07, 6.45) is 3.36. The molecule has 2 amide bonds. The second-order valence-electron chi connectivity index (χ2n) is 11.2. The molecule has 2 atom stereocenters. The number of carbonyl (C=O) groups excluding carboxylic acids is 2.